The van der Waals surface area contributed by atoms with Crippen molar-refractivity contribution in [2.45, 2.75) is 0 Å². The van der Waals surface area contributed by atoms with Crippen LogP contribution >= 0.6 is 0 Å². The molecule has 0 saturated heterocycles. The fraction of sp³-hybridized carbons (Fsp3) is 0. The first kappa shape index (κ1) is 13.0. The lowest BCUT2D eigenvalue weighted by Crippen LogP contribution is -1.92. The van der Waals surface area contributed by atoms with Gasteiger partial charge in [0.05, 0.1) is 10.6 Å². The van der Waals surface area contributed by atoms with E-state index in [0.717, 1.165) is 22.4 Å². The predicted octanol–water partition coefficient (Wildman–Crippen LogP) is 4.32. The molecule has 0 spiro atoms. The zero-order valence-electron chi connectivity index (χ0n) is 11.1. The molecule has 4 nitrogen and oxygen atoms in total. The first-order chi connectivity index (χ1) is 10.3. The molecule has 0 bridgehead atoms. The molecule has 2 aromatic carbocycles. The van der Waals surface area contributed by atoms with Crippen molar-refractivity contribution in [1.82, 2.24) is 4.98 Å². The van der Waals surface area contributed by atoms with E-state index in [4.69, 9.17) is 0 Å². The molecule has 0 atom stereocenters. The quantitative estimate of drug-likeness (QED) is 0.528. The molecule has 0 aliphatic rings. The summed E-state index contributed by atoms with van der Waals surface area (Å²) in [6.45, 7) is 0. The molecule has 4 heteroatoms. The lowest BCUT2D eigenvalue weighted by Gasteiger charge is -2.09. The molecule has 1 aromatic heterocycles. The summed E-state index contributed by atoms with van der Waals surface area (Å²) in [5, 5.41) is 11.0. The molecular weight excluding hydrogens is 264 g/mol. The van der Waals surface area contributed by atoms with Crippen LogP contribution in [0.15, 0.2) is 72.9 Å². The van der Waals surface area contributed by atoms with Crippen molar-refractivity contribution < 1.29 is 4.92 Å². The first-order valence-electron chi connectivity index (χ1n) is 6.51. The van der Waals surface area contributed by atoms with Crippen LogP contribution in [-0.4, -0.2) is 9.91 Å². The molecule has 0 saturated carbocycles. The topological polar surface area (TPSA) is 56.0 Å². The van der Waals surface area contributed by atoms with Gasteiger partial charge in [0.2, 0.25) is 0 Å². The highest BCUT2D eigenvalue weighted by Crippen LogP contribution is 2.33. The van der Waals surface area contributed by atoms with E-state index in [0.29, 0.717) is 0 Å². The van der Waals surface area contributed by atoms with Gasteiger partial charge in [-0.15, -0.1) is 0 Å². The van der Waals surface area contributed by atoms with Crippen LogP contribution in [0, 0.1) is 10.1 Å². The molecule has 3 aromatic rings. The van der Waals surface area contributed by atoms with Crippen molar-refractivity contribution in [2.24, 2.45) is 0 Å². The number of non-ortho nitro benzene ring substituents is 1. The van der Waals surface area contributed by atoms with Crippen LogP contribution in [0.1, 0.15) is 0 Å². The summed E-state index contributed by atoms with van der Waals surface area (Å²) in [4.78, 5) is 15.0. The minimum atomic E-state index is -0.380. The third-order valence-corrected chi connectivity index (χ3v) is 3.24. The summed E-state index contributed by atoms with van der Waals surface area (Å²) in [6, 6.07) is 20.1. The van der Waals surface area contributed by atoms with Crippen LogP contribution in [-0.2, 0) is 0 Å². The van der Waals surface area contributed by atoms with Crippen molar-refractivity contribution in [3.05, 3.63) is 83.0 Å². The number of pyridine rings is 1. The van der Waals surface area contributed by atoms with Gasteiger partial charge >= 0.3 is 0 Å². The average Bonchev–Trinajstić information content (AvgIpc) is 2.56. The van der Waals surface area contributed by atoms with E-state index in [1.54, 1.807) is 18.3 Å². The lowest BCUT2D eigenvalue weighted by atomic mass is 9.96. The first-order valence-corrected chi connectivity index (χ1v) is 6.51. The number of benzene rings is 2. The molecule has 3 rings (SSSR count). The summed E-state index contributed by atoms with van der Waals surface area (Å²) in [6.07, 6.45) is 1.71. The van der Waals surface area contributed by atoms with E-state index in [1.807, 2.05) is 48.5 Å². The Morgan fingerprint density at radius 3 is 2.29 bits per heavy atom. The van der Waals surface area contributed by atoms with Gasteiger partial charge in [0.25, 0.3) is 5.69 Å². The number of nitrogens with zero attached hydrogens (tertiary/aromatic N) is 2. The summed E-state index contributed by atoms with van der Waals surface area (Å²) in [7, 11) is 0. The highest BCUT2D eigenvalue weighted by molar-refractivity contribution is 5.83. The summed E-state index contributed by atoms with van der Waals surface area (Å²) in [5.74, 6) is 0. The maximum absolute atomic E-state index is 11.0. The van der Waals surface area contributed by atoms with Crippen LogP contribution < -0.4 is 0 Å². The second kappa shape index (κ2) is 5.54. The third-order valence-electron chi connectivity index (χ3n) is 3.24. The van der Waals surface area contributed by atoms with Crippen LogP contribution in [0.25, 0.3) is 22.4 Å². The Morgan fingerprint density at radius 1 is 0.857 bits per heavy atom. The fourth-order valence-electron chi connectivity index (χ4n) is 2.25. The Balaban J connectivity index is 2.23. The lowest BCUT2D eigenvalue weighted by molar-refractivity contribution is -0.384. The second-order valence-electron chi connectivity index (χ2n) is 4.57. The molecule has 0 radical (unpaired) electrons. The smallest absolute Gasteiger partial charge is 0.258 e. The van der Waals surface area contributed by atoms with Gasteiger partial charge in [-0.3, -0.25) is 15.1 Å². The number of nitro benzene ring substituents is 1. The molecule has 21 heavy (non-hydrogen) atoms. The van der Waals surface area contributed by atoms with Gasteiger partial charge in [-0.25, -0.2) is 0 Å². The van der Waals surface area contributed by atoms with Crippen molar-refractivity contribution >= 4 is 5.69 Å². The van der Waals surface area contributed by atoms with Crippen LogP contribution in [0.3, 0.4) is 0 Å². The maximum Gasteiger partial charge on any atom is 0.270 e. The van der Waals surface area contributed by atoms with E-state index in [9.17, 15) is 10.1 Å². The monoisotopic (exact) mass is 276 g/mol. The molecule has 0 fully saturated rings. The molecule has 1 heterocycles. The summed E-state index contributed by atoms with van der Waals surface area (Å²) >= 11 is 0. The Morgan fingerprint density at radius 2 is 1.62 bits per heavy atom. The minimum absolute atomic E-state index is 0.0773. The van der Waals surface area contributed by atoms with Crippen molar-refractivity contribution in [2.75, 3.05) is 0 Å². The second-order valence-corrected chi connectivity index (χ2v) is 4.57. The van der Waals surface area contributed by atoms with Gasteiger partial charge in [0.1, 0.15) is 0 Å². The van der Waals surface area contributed by atoms with Crippen molar-refractivity contribution in [3.8, 4) is 22.4 Å². The predicted molar refractivity (Wildman–Crippen MR) is 81.8 cm³/mol. The van der Waals surface area contributed by atoms with Gasteiger partial charge in [-0.05, 0) is 29.3 Å². The van der Waals surface area contributed by atoms with E-state index in [1.165, 1.54) is 6.07 Å². The number of aromatic nitrogens is 1. The molecular formula is C17H12N2O2. The summed E-state index contributed by atoms with van der Waals surface area (Å²) < 4.78 is 0. The molecule has 102 valence electrons. The normalized spacial score (nSPS) is 10.3. The number of hydrogen-bond donors (Lipinski definition) is 0. The van der Waals surface area contributed by atoms with Crippen LogP contribution in [0.2, 0.25) is 0 Å². The maximum atomic E-state index is 11.0. The number of hydrogen-bond acceptors (Lipinski definition) is 3. The molecule has 0 unspecified atom stereocenters. The van der Waals surface area contributed by atoms with Crippen molar-refractivity contribution in [3.63, 3.8) is 0 Å². The van der Waals surface area contributed by atoms with Gasteiger partial charge < -0.3 is 0 Å². The Bertz CT molecular complexity index is 771. The highest BCUT2D eigenvalue weighted by atomic mass is 16.6. The fourth-order valence-corrected chi connectivity index (χ4v) is 2.25. The highest BCUT2D eigenvalue weighted by Gasteiger charge is 2.14. The minimum Gasteiger partial charge on any atom is -0.258 e. The van der Waals surface area contributed by atoms with E-state index in [-0.39, 0.29) is 10.6 Å². The van der Waals surface area contributed by atoms with E-state index >= 15 is 0 Å². The SMILES string of the molecule is O=[N+]([O-])c1ccc(-c2ccccn2)c(-c2ccccc2)c1. The van der Waals surface area contributed by atoms with Gasteiger partial charge in [-0.1, -0.05) is 36.4 Å². The van der Waals surface area contributed by atoms with Crippen LogP contribution in [0.4, 0.5) is 5.69 Å². The molecule has 0 N–H and O–H groups in total. The summed E-state index contributed by atoms with van der Waals surface area (Å²) in [5.41, 5.74) is 3.50. The average molecular weight is 276 g/mol. The largest absolute Gasteiger partial charge is 0.270 e. The zero-order chi connectivity index (χ0) is 14.7. The number of nitro groups is 1. The molecule has 0 aliphatic heterocycles. The van der Waals surface area contributed by atoms with Gasteiger partial charge in [0.15, 0.2) is 0 Å². The Labute approximate surface area is 121 Å². The van der Waals surface area contributed by atoms with E-state index < -0.39 is 0 Å². The van der Waals surface area contributed by atoms with Crippen molar-refractivity contribution in [1.29, 1.82) is 0 Å². The molecule has 0 amide bonds. The Kier molecular flexibility index (Phi) is 3.43. The van der Waals surface area contributed by atoms with Gasteiger partial charge in [-0.2, -0.15) is 0 Å². The third kappa shape index (κ3) is 2.65. The van der Waals surface area contributed by atoms with E-state index in [2.05, 4.69) is 4.98 Å². The van der Waals surface area contributed by atoms with Gasteiger partial charge in [0, 0.05) is 23.9 Å². The number of rotatable bonds is 3. The van der Waals surface area contributed by atoms with Crippen LogP contribution in [0.5, 0.6) is 0 Å². The Hall–Kier alpha value is -3.01. The standard InChI is InChI=1S/C17H12N2O2/c20-19(21)14-9-10-15(17-8-4-5-11-18-17)16(12-14)13-6-2-1-3-7-13/h1-12H. The molecule has 0 aliphatic carbocycles. The zero-order valence-corrected chi connectivity index (χ0v) is 11.1.